The van der Waals surface area contributed by atoms with Crippen LogP contribution in [0.25, 0.3) is 21.9 Å². The molecule has 0 saturated heterocycles. The summed E-state index contributed by atoms with van der Waals surface area (Å²) in [5, 5.41) is 1.37. The molecule has 0 N–H and O–H groups in total. The van der Waals surface area contributed by atoms with Crippen molar-refractivity contribution < 1.29 is 8.83 Å². The average molecular weight is 282 g/mol. The summed E-state index contributed by atoms with van der Waals surface area (Å²) >= 11 is 0. The lowest BCUT2D eigenvalue weighted by atomic mass is 9.89. The highest BCUT2D eigenvalue weighted by Crippen LogP contribution is 2.32. The first-order valence-electron chi connectivity index (χ1n) is 7.16. The maximum atomic E-state index is 12.1. The summed E-state index contributed by atoms with van der Waals surface area (Å²) in [6.07, 6.45) is 5.01. The van der Waals surface area contributed by atoms with E-state index in [2.05, 4.69) is 0 Å². The Morgan fingerprint density at radius 1 is 1.05 bits per heavy atom. The number of hydrogen-bond donors (Lipinski definition) is 0. The van der Waals surface area contributed by atoms with Gasteiger partial charge in [-0.3, -0.25) is 4.79 Å². The lowest BCUT2D eigenvalue weighted by molar-refractivity contribution is 0.532. The molecule has 1 aliphatic rings. The summed E-state index contributed by atoms with van der Waals surface area (Å²) < 4.78 is 11.1. The van der Waals surface area contributed by atoms with Gasteiger partial charge in [-0.25, -0.2) is 4.79 Å². The molecule has 4 heteroatoms. The van der Waals surface area contributed by atoms with Crippen molar-refractivity contribution in [2.75, 3.05) is 0 Å². The Hall–Kier alpha value is -2.36. The van der Waals surface area contributed by atoms with E-state index in [0.717, 1.165) is 47.8 Å². The van der Waals surface area contributed by atoms with Crippen LogP contribution >= 0.6 is 0 Å². The average Bonchev–Trinajstić information content (AvgIpc) is 2.47. The summed E-state index contributed by atoms with van der Waals surface area (Å²) in [5.41, 5.74) is 3.24. The minimum Gasteiger partial charge on any atom is -0.463 e. The fourth-order valence-corrected chi connectivity index (χ4v) is 3.36. The molecule has 21 heavy (non-hydrogen) atoms. The third-order valence-corrected chi connectivity index (χ3v) is 4.31. The molecule has 106 valence electrons. The predicted octanol–water partition coefficient (Wildman–Crippen LogP) is 3.09. The second kappa shape index (κ2) is 4.32. The van der Waals surface area contributed by atoms with E-state index in [1.807, 2.05) is 6.92 Å². The first-order chi connectivity index (χ1) is 10.2. The van der Waals surface area contributed by atoms with Crippen LogP contribution in [-0.4, -0.2) is 0 Å². The lowest BCUT2D eigenvalue weighted by Gasteiger charge is -2.17. The van der Waals surface area contributed by atoms with Gasteiger partial charge >= 0.3 is 5.63 Å². The minimum absolute atomic E-state index is 0.0635. The van der Waals surface area contributed by atoms with Crippen molar-refractivity contribution >= 4 is 21.9 Å². The van der Waals surface area contributed by atoms with E-state index < -0.39 is 0 Å². The zero-order valence-electron chi connectivity index (χ0n) is 11.7. The monoisotopic (exact) mass is 282 g/mol. The van der Waals surface area contributed by atoms with Gasteiger partial charge < -0.3 is 8.83 Å². The van der Waals surface area contributed by atoms with Gasteiger partial charge in [0.05, 0.1) is 17.0 Å². The first kappa shape index (κ1) is 12.4. The van der Waals surface area contributed by atoms with Crippen LogP contribution in [0, 0.1) is 6.92 Å². The van der Waals surface area contributed by atoms with E-state index in [0.29, 0.717) is 16.6 Å². The molecule has 2 aromatic heterocycles. The number of hydrogen-bond acceptors (Lipinski definition) is 4. The Morgan fingerprint density at radius 3 is 2.62 bits per heavy atom. The molecule has 2 heterocycles. The van der Waals surface area contributed by atoms with Gasteiger partial charge in [-0.2, -0.15) is 0 Å². The molecule has 0 radical (unpaired) electrons. The maximum Gasteiger partial charge on any atom is 0.339 e. The van der Waals surface area contributed by atoms with Gasteiger partial charge in [-0.1, -0.05) is 0 Å². The molecular formula is C17H14O4. The van der Waals surface area contributed by atoms with Crippen LogP contribution in [0.3, 0.4) is 0 Å². The number of fused-ring (bicyclic) bond motifs is 5. The molecule has 1 aromatic carbocycles. The third kappa shape index (κ3) is 1.68. The summed E-state index contributed by atoms with van der Waals surface area (Å²) in [6.45, 7) is 1.83. The summed E-state index contributed by atoms with van der Waals surface area (Å²) in [5.74, 6) is 0. The van der Waals surface area contributed by atoms with Crippen molar-refractivity contribution in [3.8, 4) is 0 Å². The Morgan fingerprint density at radius 2 is 1.81 bits per heavy atom. The Labute approximate surface area is 120 Å². The Bertz CT molecular complexity index is 991. The SMILES string of the molecule is Cc1cc2oc(=O)c3c(c2c2occc(=O)c12)CCCC3. The van der Waals surface area contributed by atoms with Gasteiger partial charge in [0.2, 0.25) is 0 Å². The van der Waals surface area contributed by atoms with Crippen LogP contribution in [0.1, 0.15) is 29.5 Å². The smallest absolute Gasteiger partial charge is 0.339 e. The molecule has 0 saturated carbocycles. The summed E-state index contributed by atoms with van der Waals surface area (Å²) in [6, 6.07) is 3.19. The van der Waals surface area contributed by atoms with Crippen molar-refractivity contribution in [1.82, 2.24) is 0 Å². The molecule has 0 aliphatic heterocycles. The van der Waals surface area contributed by atoms with Crippen LogP contribution in [0.4, 0.5) is 0 Å². The molecule has 3 aromatic rings. The zero-order chi connectivity index (χ0) is 14.6. The van der Waals surface area contributed by atoms with Crippen LogP contribution in [0.2, 0.25) is 0 Å². The van der Waals surface area contributed by atoms with Gasteiger partial charge in [-0.05, 0) is 49.8 Å². The lowest BCUT2D eigenvalue weighted by Crippen LogP contribution is -2.16. The van der Waals surface area contributed by atoms with Gasteiger partial charge in [-0.15, -0.1) is 0 Å². The van der Waals surface area contributed by atoms with Gasteiger partial charge in [0.15, 0.2) is 5.43 Å². The molecular weight excluding hydrogens is 268 g/mol. The largest absolute Gasteiger partial charge is 0.463 e. The second-order valence-corrected chi connectivity index (χ2v) is 5.61. The molecule has 0 fully saturated rings. The van der Waals surface area contributed by atoms with Gasteiger partial charge in [0.25, 0.3) is 0 Å². The molecule has 0 bridgehead atoms. The predicted molar refractivity (Wildman–Crippen MR) is 79.9 cm³/mol. The van der Waals surface area contributed by atoms with E-state index in [1.165, 1.54) is 12.3 Å². The highest BCUT2D eigenvalue weighted by molar-refractivity contribution is 6.05. The van der Waals surface area contributed by atoms with Gasteiger partial charge in [0, 0.05) is 11.6 Å². The van der Waals surface area contributed by atoms with Gasteiger partial charge in [0.1, 0.15) is 11.2 Å². The van der Waals surface area contributed by atoms with E-state index >= 15 is 0 Å². The minimum atomic E-state index is -0.255. The van der Waals surface area contributed by atoms with Crippen LogP contribution in [0.15, 0.2) is 36.8 Å². The molecule has 0 atom stereocenters. The quantitative estimate of drug-likeness (QED) is 0.469. The fourth-order valence-electron chi connectivity index (χ4n) is 3.36. The first-order valence-corrected chi connectivity index (χ1v) is 7.16. The number of benzene rings is 1. The molecule has 0 spiro atoms. The van der Waals surface area contributed by atoms with Crippen molar-refractivity contribution in [3.05, 3.63) is 55.7 Å². The highest BCUT2D eigenvalue weighted by atomic mass is 16.4. The normalized spacial score (nSPS) is 14.5. The van der Waals surface area contributed by atoms with Crippen molar-refractivity contribution in [1.29, 1.82) is 0 Å². The molecule has 1 aliphatic carbocycles. The molecule has 0 unspecified atom stereocenters. The van der Waals surface area contributed by atoms with E-state index in [-0.39, 0.29) is 11.1 Å². The zero-order valence-corrected chi connectivity index (χ0v) is 11.7. The highest BCUT2D eigenvalue weighted by Gasteiger charge is 2.21. The summed E-state index contributed by atoms with van der Waals surface area (Å²) in [7, 11) is 0. The van der Waals surface area contributed by atoms with E-state index in [4.69, 9.17) is 8.83 Å². The van der Waals surface area contributed by atoms with Crippen LogP contribution < -0.4 is 11.1 Å². The van der Waals surface area contributed by atoms with Crippen molar-refractivity contribution in [3.63, 3.8) is 0 Å². The second-order valence-electron chi connectivity index (χ2n) is 5.61. The number of rotatable bonds is 0. The number of aryl methyl sites for hydroxylation is 2. The molecule has 0 amide bonds. The Balaban J connectivity index is 2.32. The van der Waals surface area contributed by atoms with Crippen LogP contribution in [0.5, 0.6) is 0 Å². The third-order valence-electron chi connectivity index (χ3n) is 4.31. The molecule has 4 rings (SSSR count). The summed E-state index contributed by atoms with van der Waals surface area (Å²) in [4.78, 5) is 24.3. The van der Waals surface area contributed by atoms with Crippen molar-refractivity contribution in [2.24, 2.45) is 0 Å². The van der Waals surface area contributed by atoms with E-state index in [1.54, 1.807) is 6.07 Å². The van der Waals surface area contributed by atoms with E-state index in [9.17, 15) is 9.59 Å². The Kier molecular flexibility index (Phi) is 2.55. The standard InChI is InChI=1S/C17H14O4/c1-9-8-13-15(16-14(9)12(18)6-7-20-16)10-4-2-3-5-11(10)17(19)21-13/h6-8H,2-5H2,1H3. The maximum absolute atomic E-state index is 12.1. The topological polar surface area (TPSA) is 60.4 Å². The fraction of sp³-hybridized carbons (Fsp3) is 0.294. The van der Waals surface area contributed by atoms with Crippen LogP contribution in [-0.2, 0) is 12.8 Å². The molecule has 4 nitrogen and oxygen atoms in total. The van der Waals surface area contributed by atoms with Crippen molar-refractivity contribution in [2.45, 2.75) is 32.6 Å².